The number of carboxylic acids is 2. The molecule has 0 radical (unpaired) electrons. The number of primary amides is 1. The molecule has 1 aromatic rings. The van der Waals surface area contributed by atoms with Gasteiger partial charge in [-0.3, -0.25) is 33.6 Å². The molecular weight excluding hydrogens is 955 g/mol. The summed E-state index contributed by atoms with van der Waals surface area (Å²) < 4.78 is 21.7. The molecule has 0 aliphatic heterocycles. The van der Waals surface area contributed by atoms with Crippen LogP contribution in [0.3, 0.4) is 0 Å². The largest absolute Gasteiger partial charge is 0.481 e. The Morgan fingerprint density at radius 2 is 1.07 bits per heavy atom. The second-order valence-corrected chi connectivity index (χ2v) is 19.1. The first-order valence-corrected chi connectivity index (χ1v) is 27.4. The lowest BCUT2D eigenvalue weighted by molar-refractivity contribution is -0.142. The number of unbranched alkanes of at least 4 members (excludes halogenated alkanes) is 14. The van der Waals surface area contributed by atoms with Gasteiger partial charge in [0.2, 0.25) is 23.6 Å². The van der Waals surface area contributed by atoms with Gasteiger partial charge in [-0.05, 0) is 77.3 Å². The molecule has 19 heteroatoms. The molecule has 0 spiro atoms. The Balaban J connectivity index is 1.95. The number of rotatable bonds is 52. The molecule has 8 N–H and O–H groups in total. The summed E-state index contributed by atoms with van der Waals surface area (Å²) in [6, 6.07) is 6.45. The number of hydrogen-bond donors (Lipinski definition) is 7. The Hall–Kier alpha value is -4.82. The van der Waals surface area contributed by atoms with E-state index in [0.29, 0.717) is 51.7 Å². The predicted octanol–water partition coefficient (Wildman–Crippen LogP) is 6.07. The summed E-state index contributed by atoms with van der Waals surface area (Å²) in [5, 5.41) is 29.3. The average Bonchev–Trinajstić information content (AvgIpc) is 3.36. The highest BCUT2D eigenvalue weighted by Gasteiger charge is 2.23. The third-order valence-electron chi connectivity index (χ3n) is 12.6. The van der Waals surface area contributed by atoms with E-state index in [-0.39, 0.29) is 127 Å². The van der Waals surface area contributed by atoms with Crippen LogP contribution in [0.25, 0.3) is 0 Å². The van der Waals surface area contributed by atoms with Crippen molar-refractivity contribution in [2.75, 3.05) is 73.0 Å². The van der Waals surface area contributed by atoms with Crippen LogP contribution < -0.4 is 27.0 Å². The number of carbonyl (C=O) groups excluding carboxylic acids is 6. The zero-order valence-corrected chi connectivity index (χ0v) is 44.9. The molecule has 19 nitrogen and oxygen atoms in total. The minimum Gasteiger partial charge on any atom is -0.481 e. The summed E-state index contributed by atoms with van der Waals surface area (Å²) >= 11 is 0. The lowest BCUT2D eigenvalue weighted by Crippen LogP contribution is -2.41. The molecule has 1 rings (SSSR count). The molecule has 1 aromatic carbocycles. The summed E-state index contributed by atoms with van der Waals surface area (Å²) in [4.78, 5) is 96.1. The number of nitrogens with two attached hydrogens (primary N) is 1. The van der Waals surface area contributed by atoms with Gasteiger partial charge in [0.15, 0.2) is 5.78 Å². The minimum absolute atomic E-state index is 0.0289. The topological polar surface area (TPSA) is 288 Å². The number of aliphatic carboxylic acids is 2. The number of nitrogens with one attached hydrogen (secondary N) is 4. The number of Topliss-reactive ketones (excluding diaryl/α,β-unsaturated/α-hetero) is 2. The van der Waals surface area contributed by atoms with Gasteiger partial charge >= 0.3 is 11.9 Å². The molecule has 0 saturated heterocycles. The molecule has 0 bridgehead atoms. The number of ether oxygens (including phenoxy) is 4. The first-order valence-electron chi connectivity index (χ1n) is 27.4. The van der Waals surface area contributed by atoms with Crippen LogP contribution in [0.4, 0.5) is 0 Å². The van der Waals surface area contributed by atoms with Crippen LogP contribution in [0.2, 0.25) is 0 Å². The quantitative estimate of drug-likeness (QED) is 0.0365. The molecule has 0 aliphatic carbocycles. The first-order chi connectivity index (χ1) is 35.7. The molecule has 3 atom stereocenters. The second kappa shape index (κ2) is 45.6. The van der Waals surface area contributed by atoms with E-state index in [4.69, 9.17) is 29.8 Å². The number of likely N-dealkylation sites (N-methyl/N-ethyl adjacent to an activating group) is 1. The number of amides is 4. The average molecular weight is 1050 g/mol. The number of ketones is 2. The first kappa shape index (κ1) is 67.2. The van der Waals surface area contributed by atoms with Crippen molar-refractivity contribution >= 4 is 47.1 Å². The van der Waals surface area contributed by atoms with E-state index in [1.165, 1.54) is 38.5 Å². The van der Waals surface area contributed by atoms with Crippen molar-refractivity contribution in [1.82, 2.24) is 21.3 Å². The van der Waals surface area contributed by atoms with Crippen LogP contribution in [0.5, 0.6) is 0 Å². The number of hydrogen-bond acceptors (Lipinski definition) is 13. The van der Waals surface area contributed by atoms with Crippen LogP contribution in [-0.4, -0.2) is 142 Å². The lowest BCUT2D eigenvalue weighted by atomic mass is 9.91. The van der Waals surface area contributed by atoms with Crippen molar-refractivity contribution in [1.29, 1.82) is 0 Å². The Bertz CT molecular complexity index is 1710. The Kier molecular flexibility index (Phi) is 41.4. The highest BCUT2D eigenvalue weighted by atomic mass is 16.5. The summed E-state index contributed by atoms with van der Waals surface area (Å²) in [7, 11) is 1.74. The molecule has 74 heavy (non-hydrogen) atoms. The Morgan fingerprint density at radius 1 is 0.514 bits per heavy atom. The van der Waals surface area contributed by atoms with E-state index in [0.717, 1.165) is 62.5 Å². The van der Waals surface area contributed by atoms with Gasteiger partial charge in [0, 0.05) is 57.7 Å². The highest BCUT2D eigenvalue weighted by molar-refractivity contribution is 5.85. The zero-order valence-electron chi connectivity index (χ0n) is 44.9. The SMILES string of the molecule is CN[C@@H](CCCCNC(=O)COCCOCCCC(=O)COCCOCCNC(=O)CC[C@H](NC(=O)CCCCCCCCCCCCCCCCC(=O)O)C(=O)O)C(=O)CC[C@@H](Cc1ccc(C)cc1)C(N)=O. The van der Waals surface area contributed by atoms with E-state index in [9.17, 15) is 43.5 Å². The summed E-state index contributed by atoms with van der Waals surface area (Å²) in [5.41, 5.74) is 7.78. The maximum Gasteiger partial charge on any atom is 0.326 e. The van der Waals surface area contributed by atoms with Crippen LogP contribution in [0.1, 0.15) is 172 Å². The standard InChI is InChI=1S/C55H93N5O14/c1-43-24-26-44(27-25-43)40-45(54(56)68)28-30-49(62)47(57-2)21-17-18-32-58-52(65)42-74-39-36-71-34-19-20-46(61)41-73-38-37-72-35-33-59-50(63)31-29-48(55(69)70)60-51(64)22-15-13-11-9-7-5-3-4-6-8-10-12-14-16-23-53(66)67/h24-27,45,47-48,57H,3-23,28-42H2,1-2H3,(H2,56,68)(H,58,65)(H,59,63)(H,60,64)(H,66,67)(H,69,70)/t45-,47-,48-/m0/s1. The fourth-order valence-corrected chi connectivity index (χ4v) is 8.13. The molecule has 4 amide bonds. The highest BCUT2D eigenvalue weighted by Crippen LogP contribution is 2.18. The normalized spacial score (nSPS) is 12.4. The maximum absolute atomic E-state index is 12.9. The Labute approximate surface area is 440 Å². The van der Waals surface area contributed by atoms with Crippen molar-refractivity contribution in [3.8, 4) is 0 Å². The van der Waals surface area contributed by atoms with Crippen LogP contribution in [0.15, 0.2) is 24.3 Å². The molecule has 0 aliphatic rings. The van der Waals surface area contributed by atoms with Gasteiger partial charge in [0.05, 0.1) is 39.1 Å². The molecule has 0 unspecified atom stereocenters. The molecule has 0 fully saturated rings. The zero-order chi connectivity index (χ0) is 54.4. The third kappa shape index (κ3) is 39.6. The number of benzene rings is 1. The van der Waals surface area contributed by atoms with E-state index in [2.05, 4.69) is 21.3 Å². The van der Waals surface area contributed by atoms with E-state index in [1.807, 2.05) is 31.2 Å². The van der Waals surface area contributed by atoms with Gasteiger partial charge in [-0.2, -0.15) is 0 Å². The van der Waals surface area contributed by atoms with E-state index in [1.54, 1.807) is 7.05 Å². The molecule has 0 saturated carbocycles. The van der Waals surface area contributed by atoms with Crippen molar-refractivity contribution in [3.05, 3.63) is 35.4 Å². The molecular formula is C55H93N5O14. The third-order valence-corrected chi connectivity index (χ3v) is 12.6. The molecule has 0 heterocycles. The summed E-state index contributed by atoms with van der Waals surface area (Å²) in [5.74, 6) is -3.70. The predicted molar refractivity (Wildman–Crippen MR) is 282 cm³/mol. The lowest BCUT2D eigenvalue weighted by Gasteiger charge is -2.17. The van der Waals surface area contributed by atoms with Gasteiger partial charge in [-0.15, -0.1) is 0 Å². The van der Waals surface area contributed by atoms with E-state index < -0.39 is 29.8 Å². The van der Waals surface area contributed by atoms with Crippen molar-refractivity contribution < 1.29 is 67.5 Å². The van der Waals surface area contributed by atoms with Gasteiger partial charge in [0.1, 0.15) is 25.0 Å². The minimum atomic E-state index is -1.18. The number of carbonyl (C=O) groups is 8. The van der Waals surface area contributed by atoms with Gasteiger partial charge in [0.25, 0.3) is 0 Å². The van der Waals surface area contributed by atoms with Crippen molar-refractivity contribution in [2.24, 2.45) is 11.7 Å². The Morgan fingerprint density at radius 3 is 1.65 bits per heavy atom. The summed E-state index contributed by atoms with van der Waals surface area (Å²) in [6.07, 6.45) is 19.4. The van der Waals surface area contributed by atoms with Gasteiger partial charge in [-0.25, -0.2) is 4.79 Å². The number of aryl methyl sites for hydroxylation is 1. The van der Waals surface area contributed by atoms with Gasteiger partial charge < -0.3 is 56.2 Å². The molecule has 0 aromatic heterocycles. The number of carboxylic acid groups (broad SMARTS) is 2. The van der Waals surface area contributed by atoms with Crippen LogP contribution >= 0.6 is 0 Å². The van der Waals surface area contributed by atoms with Crippen molar-refractivity contribution in [3.63, 3.8) is 0 Å². The maximum atomic E-state index is 12.9. The second-order valence-electron chi connectivity index (χ2n) is 19.1. The fourth-order valence-electron chi connectivity index (χ4n) is 8.13. The van der Waals surface area contributed by atoms with Gasteiger partial charge in [-0.1, -0.05) is 107 Å². The summed E-state index contributed by atoms with van der Waals surface area (Å²) in [6.45, 7) is 3.95. The van der Waals surface area contributed by atoms with E-state index >= 15 is 0 Å². The monoisotopic (exact) mass is 1050 g/mol. The van der Waals surface area contributed by atoms with Crippen LogP contribution in [-0.2, 0) is 63.7 Å². The fraction of sp³-hybridized carbons (Fsp3) is 0.745. The van der Waals surface area contributed by atoms with Crippen LogP contribution in [0, 0.1) is 12.8 Å². The molecule has 422 valence electrons. The smallest absolute Gasteiger partial charge is 0.326 e. The van der Waals surface area contributed by atoms with Crippen molar-refractivity contribution in [2.45, 2.75) is 186 Å².